The van der Waals surface area contributed by atoms with Crippen LogP contribution in [0.3, 0.4) is 0 Å². The van der Waals surface area contributed by atoms with Gasteiger partial charge in [0.25, 0.3) is 5.69 Å². The molecule has 1 aliphatic heterocycles. The van der Waals surface area contributed by atoms with E-state index in [1.54, 1.807) is 17.3 Å². The van der Waals surface area contributed by atoms with Crippen LogP contribution in [-0.2, 0) is 6.54 Å². The van der Waals surface area contributed by atoms with E-state index in [0.717, 1.165) is 19.6 Å². The lowest BCUT2D eigenvalue weighted by atomic mass is 10.2. The van der Waals surface area contributed by atoms with Gasteiger partial charge in [0.2, 0.25) is 0 Å². The van der Waals surface area contributed by atoms with Crippen LogP contribution in [0, 0.1) is 10.1 Å². The maximum atomic E-state index is 12.5. The van der Waals surface area contributed by atoms with E-state index in [4.69, 9.17) is 4.74 Å². The van der Waals surface area contributed by atoms with E-state index < -0.39 is 4.92 Å². The van der Waals surface area contributed by atoms with Crippen molar-refractivity contribution >= 4 is 17.4 Å². The smallest absolute Gasteiger partial charge is 0.322 e. The number of hydrogen-bond acceptors (Lipinski definition) is 6. The van der Waals surface area contributed by atoms with Crippen LogP contribution in [0.5, 0.6) is 5.75 Å². The molecule has 0 atom stereocenters. The van der Waals surface area contributed by atoms with Crippen molar-refractivity contribution in [2.24, 2.45) is 0 Å². The fourth-order valence-corrected chi connectivity index (χ4v) is 2.95. The van der Waals surface area contributed by atoms with Crippen LogP contribution in [0.4, 0.5) is 16.2 Å². The van der Waals surface area contributed by atoms with Crippen molar-refractivity contribution in [3.8, 4) is 5.75 Å². The number of nitro groups is 1. The van der Waals surface area contributed by atoms with Crippen LogP contribution in [0.2, 0.25) is 0 Å². The first-order chi connectivity index (χ1) is 13.1. The second-order valence-electron chi connectivity index (χ2n) is 6.19. The van der Waals surface area contributed by atoms with Gasteiger partial charge < -0.3 is 15.0 Å². The Morgan fingerprint density at radius 1 is 1.22 bits per heavy atom. The van der Waals surface area contributed by atoms with E-state index in [9.17, 15) is 14.9 Å². The second-order valence-corrected chi connectivity index (χ2v) is 6.19. The third-order valence-corrected chi connectivity index (χ3v) is 4.45. The predicted molar refractivity (Wildman–Crippen MR) is 99.8 cm³/mol. The van der Waals surface area contributed by atoms with Crippen LogP contribution in [0.25, 0.3) is 0 Å². The first kappa shape index (κ1) is 18.6. The lowest BCUT2D eigenvalue weighted by Crippen LogP contribution is -2.49. The van der Waals surface area contributed by atoms with Gasteiger partial charge >= 0.3 is 6.03 Å². The fourth-order valence-electron chi connectivity index (χ4n) is 2.95. The highest BCUT2D eigenvalue weighted by Gasteiger charge is 2.22. The van der Waals surface area contributed by atoms with Gasteiger partial charge in [-0.2, -0.15) is 0 Å². The van der Waals surface area contributed by atoms with E-state index in [0.29, 0.717) is 18.8 Å². The molecule has 142 valence electrons. The standard InChI is InChI=1S/C18H21N5O4/c1-27-17-12-15(23(25)26)2-3-16(17)20-18(24)22-10-8-21(9-11-22)13-14-4-6-19-7-5-14/h2-7,12H,8-11,13H2,1H3,(H,20,24). The molecule has 27 heavy (non-hydrogen) atoms. The van der Waals surface area contributed by atoms with E-state index in [1.807, 2.05) is 12.1 Å². The quantitative estimate of drug-likeness (QED) is 0.640. The summed E-state index contributed by atoms with van der Waals surface area (Å²) in [6.07, 6.45) is 3.55. The summed E-state index contributed by atoms with van der Waals surface area (Å²) in [7, 11) is 1.41. The molecule has 1 N–H and O–H groups in total. The number of rotatable bonds is 5. The maximum Gasteiger partial charge on any atom is 0.322 e. The van der Waals surface area contributed by atoms with Gasteiger partial charge in [0, 0.05) is 51.2 Å². The Morgan fingerprint density at radius 2 is 1.93 bits per heavy atom. The number of pyridine rings is 1. The second kappa shape index (κ2) is 8.45. The molecule has 1 aromatic carbocycles. The van der Waals surface area contributed by atoms with Crippen molar-refractivity contribution < 1.29 is 14.5 Å². The summed E-state index contributed by atoms with van der Waals surface area (Å²) in [4.78, 5) is 30.9. The molecule has 0 bridgehead atoms. The van der Waals surface area contributed by atoms with Crippen LogP contribution >= 0.6 is 0 Å². The Morgan fingerprint density at radius 3 is 2.56 bits per heavy atom. The molecule has 0 aliphatic carbocycles. The molecule has 1 saturated heterocycles. The van der Waals surface area contributed by atoms with Crippen molar-refractivity contribution in [1.29, 1.82) is 0 Å². The Balaban J connectivity index is 1.56. The van der Waals surface area contributed by atoms with Crippen molar-refractivity contribution in [3.63, 3.8) is 0 Å². The largest absolute Gasteiger partial charge is 0.494 e. The lowest BCUT2D eigenvalue weighted by Gasteiger charge is -2.34. The normalized spacial score (nSPS) is 14.6. The predicted octanol–water partition coefficient (Wildman–Crippen LogP) is 2.35. The zero-order valence-corrected chi connectivity index (χ0v) is 15.0. The third-order valence-electron chi connectivity index (χ3n) is 4.45. The number of methoxy groups -OCH3 is 1. The number of nitrogens with one attached hydrogen (secondary N) is 1. The topological polar surface area (TPSA) is 101 Å². The summed E-state index contributed by atoms with van der Waals surface area (Å²) in [5.74, 6) is 0.258. The number of anilines is 1. The summed E-state index contributed by atoms with van der Waals surface area (Å²) in [6.45, 7) is 3.58. The van der Waals surface area contributed by atoms with Crippen LogP contribution in [0.15, 0.2) is 42.7 Å². The number of carbonyl (C=O) groups excluding carboxylic acids is 1. The highest BCUT2D eigenvalue weighted by atomic mass is 16.6. The Bertz CT molecular complexity index is 807. The average Bonchev–Trinajstić information content (AvgIpc) is 2.69. The molecule has 9 nitrogen and oxygen atoms in total. The first-order valence-electron chi connectivity index (χ1n) is 8.56. The minimum atomic E-state index is -0.504. The number of urea groups is 1. The SMILES string of the molecule is COc1cc([N+](=O)[O-])ccc1NC(=O)N1CCN(Cc2ccncc2)CC1. The molecule has 2 amide bonds. The maximum absolute atomic E-state index is 12.5. The fraction of sp³-hybridized carbons (Fsp3) is 0.333. The Kier molecular flexibility index (Phi) is 5.82. The van der Waals surface area contributed by atoms with Gasteiger partial charge in [0.15, 0.2) is 0 Å². The van der Waals surface area contributed by atoms with Crippen LogP contribution < -0.4 is 10.1 Å². The van der Waals surface area contributed by atoms with Gasteiger partial charge in [-0.3, -0.25) is 20.0 Å². The van der Waals surface area contributed by atoms with Crippen LogP contribution in [0.1, 0.15) is 5.56 Å². The molecular formula is C18H21N5O4. The number of benzene rings is 1. The van der Waals surface area contributed by atoms with Gasteiger partial charge in [-0.1, -0.05) is 0 Å². The molecule has 2 aromatic rings. The van der Waals surface area contributed by atoms with E-state index in [-0.39, 0.29) is 17.5 Å². The lowest BCUT2D eigenvalue weighted by molar-refractivity contribution is -0.384. The third kappa shape index (κ3) is 4.70. The van der Waals surface area contributed by atoms with Crippen molar-refractivity contribution in [2.45, 2.75) is 6.54 Å². The Hall–Kier alpha value is -3.20. The summed E-state index contributed by atoms with van der Waals surface area (Å²) in [6, 6.07) is 7.84. The Labute approximate surface area is 156 Å². The molecular weight excluding hydrogens is 350 g/mol. The molecule has 3 rings (SSSR count). The number of nitro benzene ring substituents is 1. The molecule has 9 heteroatoms. The summed E-state index contributed by atoms with van der Waals surface area (Å²) in [5, 5.41) is 13.6. The van der Waals surface area contributed by atoms with Crippen molar-refractivity contribution in [2.75, 3.05) is 38.6 Å². The first-order valence-corrected chi connectivity index (χ1v) is 8.56. The average molecular weight is 371 g/mol. The van der Waals surface area contributed by atoms with E-state index >= 15 is 0 Å². The molecule has 0 unspecified atom stereocenters. The number of hydrogen-bond donors (Lipinski definition) is 1. The van der Waals surface area contributed by atoms with Gasteiger partial charge in [-0.05, 0) is 23.8 Å². The molecule has 1 aliphatic rings. The monoisotopic (exact) mass is 371 g/mol. The number of piperazine rings is 1. The molecule has 0 saturated carbocycles. The van der Waals surface area contributed by atoms with E-state index in [1.165, 1.54) is 30.9 Å². The highest BCUT2D eigenvalue weighted by molar-refractivity contribution is 5.91. The number of amides is 2. The molecule has 1 aromatic heterocycles. The van der Waals surface area contributed by atoms with Gasteiger partial charge in [0.1, 0.15) is 5.75 Å². The summed E-state index contributed by atoms with van der Waals surface area (Å²) >= 11 is 0. The number of ether oxygens (including phenoxy) is 1. The van der Waals surface area contributed by atoms with Gasteiger partial charge in [-0.25, -0.2) is 4.79 Å². The molecule has 2 heterocycles. The minimum Gasteiger partial charge on any atom is -0.494 e. The minimum absolute atomic E-state index is 0.0884. The number of non-ortho nitro benzene ring substituents is 1. The molecule has 1 fully saturated rings. The van der Waals surface area contributed by atoms with Gasteiger partial charge in [0.05, 0.1) is 23.8 Å². The summed E-state index contributed by atoms with van der Waals surface area (Å²) in [5.41, 5.74) is 1.51. The summed E-state index contributed by atoms with van der Waals surface area (Å²) < 4.78 is 5.16. The van der Waals surface area contributed by atoms with Crippen LogP contribution in [-0.4, -0.2) is 59.0 Å². The zero-order chi connectivity index (χ0) is 19.2. The van der Waals surface area contributed by atoms with E-state index in [2.05, 4.69) is 15.2 Å². The number of carbonyl (C=O) groups is 1. The van der Waals surface area contributed by atoms with Crippen molar-refractivity contribution in [1.82, 2.24) is 14.8 Å². The zero-order valence-electron chi connectivity index (χ0n) is 15.0. The number of aromatic nitrogens is 1. The van der Waals surface area contributed by atoms with Gasteiger partial charge in [-0.15, -0.1) is 0 Å². The highest BCUT2D eigenvalue weighted by Crippen LogP contribution is 2.29. The number of nitrogens with zero attached hydrogens (tertiary/aromatic N) is 4. The molecule has 0 spiro atoms. The van der Waals surface area contributed by atoms with Crippen molar-refractivity contribution in [3.05, 3.63) is 58.4 Å². The molecule has 0 radical (unpaired) electrons.